The minimum absolute atomic E-state index is 0.152. The largest absolute Gasteiger partial charge is 0.487 e. The quantitative estimate of drug-likeness (QED) is 0.444. The molecule has 1 aromatic carbocycles. The Morgan fingerprint density at radius 2 is 1.72 bits per heavy atom. The maximum absolute atomic E-state index is 12.5. The van der Waals surface area contributed by atoms with Crippen LogP contribution in [0, 0.1) is 13.8 Å². The third-order valence-electron chi connectivity index (χ3n) is 5.33. The number of nitrogens with one attached hydrogen (secondary N) is 1. The van der Waals surface area contributed by atoms with Crippen molar-refractivity contribution in [3.8, 4) is 5.75 Å². The van der Waals surface area contributed by atoms with Crippen molar-refractivity contribution in [1.82, 2.24) is 24.1 Å². The molecule has 4 aromatic heterocycles. The predicted molar refractivity (Wildman–Crippen MR) is 122 cm³/mol. The molecule has 5 aromatic rings. The van der Waals surface area contributed by atoms with Crippen molar-refractivity contribution in [1.29, 1.82) is 0 Å². The van der Waals surface area contributed by atoms with Gasteiger partial charge in [0.05, 0.1) is 17.9 Å². The Bertz CT molecular complexity index is 1420. The van der Waals surface area contributed by atoms with Gasteiger partial charge in [-0.3, -0.25) is 4.79 Å². The van der Waals surface area contributed by atoms with E-state index < -0.39 is 0 Å². The van der Waals surface area contributed by atoms with Crippen LogP contribution < -0.4 is 10.1 Å². The molecule has 1 N–H and O–H groups in total. The van der Waals surface area contributed by atoms with Crippen molar-refractivity contribution < 1.29 is 9.53 Å². The summed E-state index contributed by atoms with van der Waals surface area (Å²) in [7, 11) is 0. The molecule has 0 saturated carbocycles. The number of rotatable bonds is 6. The summed E-state index contributed by atoms with van der Waals surface area (Å²) in [5.74, 6) is 0.534. The fourth-order valence-electron chi connectivity index (χ4n) is 3.64. The summed E-state index contributed by atoms with van der Waals surface area (Å²) in [5.41, 5.74) is 6.27. The van der Waals surface area contributed by atoms with E-state index in [-0.39, 0.29) is 5.91 Å². The molecule has 0 aliphatic rings. The van der Waals surface area contributed by atoms with Gasteiger partial charge in [-0.05, 0) is 61.9 Å². The van der Waals surface area contributed by atoms with Gasteiger partial charge in [-0.15, -0.1) is 0 Å². The lowest BCUT2D eigenvalue weighted by Gasteiger charge is -2.06. The summed E-state index contributed by atoms with van der Waals surface area (Å²) in [5, 5.41) is 2.92. The number of fused-ring (bicyclic) bond motifs is 2. The lowest BCUT2D eigenvalue weighted by molar-refractivity contribution is 0.0950. The summed E-state index contributed by atoms with van der Waals surface area (Å²) >= 11 is 0. The maximum Gasteiger partial charge on any atom is 0.251 e. The molecular weight excluding hydrogens is 402 g/mol. The van der Waals surface area contributed by atoms with Gasteiger partial charge >= 0.3 is 0 Å². The molecule has 7 heteroatoms. The number of imidazole rings is 2. The van der Waals surface area contributed by atoms with Crippen molar-refractivity contribution in [2.24, 2.45) is 0 Å². The van der Waals surface area contributed by atoms with E-state index in [1.54, 1.807) is 24.3 Å². The monoisotopic (exact) mass is 425 g/mol. The first kappa shape index (κ1) is 19.8. The van der Waals surface area contributed by atoms with Crippen molar-refractivity contribution in [3.63, 3.8) is 0 Å². The molecule has 0 spiro atoms. The number of hydrogen-bond donors (Lipinski definition) is 1. The smallest absolute Gasteiger partial charge is 0.251 e. The average molecular weight is 425 g/mol. The van der Waals surface area contributed by atoms with E-state index in [1.807, 2.05) is 71.6 Å². The molecule has 160 valence electrons. The molecule has 0 radical (unpaired) electrons. The summed E-state index contributed by atoms with van der Waals surface area (Å²) in [6.45, 7) is 4.80. The van der Waals surface area contributed by atoms with Gasteiger partial charge in [-0.25, -0.2) is 9.97 Å². The Balaban J connectivity index is 1.18. The lowest BCUT2D eigenvalue weighted by Crippen LogP contribution is -2.22. The van der Waals surface area contributed by atoms with Gasteiger partial charge in [-0.2, -0.15) is 0 Å². The fourth-order valence-corrected chi connectivity index (χ4v) is 3.64. The molecule has 0 aliphatic heterocycles. The SMILES string of the molecule is Cc1ccc2nc(COc3ccc(C(=O)NCc4cn5c(C)cccc5n4)cc3)cn2c1. The number of aryl methyl sites for hydroxylation is 2. The van der Waals surface area contributed by atoms with E-state index in [9.17, 15) is 4.79 Å². The molecular formula is C25H23N5O2. The number of pyridine rings is 2. The van der Waals surface area contributed by atoms with Crippen LogP contribution in [-0.4, -0.2) is 24.7 Å². The maximum atomic E-state index is 12.5. The second-order valence-electron chi connectivity index (χ2n) is 7.83. The highest BCUT2D eigenvalue weighted by Crippen LogP contribution is 2.15. The third kappa shape index (κ3) is 4.05. The zero-order valence-corrected chi connectivity index (χ0v) is 17.9. The topological polar surface area (TPSA) is 72.9 Å². The number of nitrogens with zero attached hydrogens (tertiary/aromatic N) is 4. The minimum Gasteiger partial charge on any atom is -0.487 e. The van der Waals surface area contributed by atoms with Gasteiger partial charge in [0.15, 0.2) is 0 Å². The van der Waals surface area contributed by atoms with Gasteiger partial charge in [0.2, 0.25) is 0 Å². The zero-order chi connectivity index (χ0) is 22.1. The van der Waals surface area contributed by atoms with E-state index in [0.717, 1.165) is 28.4 Å². The zero-order valence-electron chi connectivity index (χ0n) is 17.9. The normalized spacial score (nSPS) is 11.2. The number of ether oxygens (including phenoxy) is 1. The third-order valence-corrected chi connectivity index (χ3v) is 5.33. The molecule has 0 saturated heterocycles. The summed E-state index contributed by atoms with van der Waals surface area (Å²) in [6.07, 6.45) is 5.94. The van der Waals surface area contributed by atoms with Crippen LogP contribution in [-0.2, 0) is 13.2 Å². The van der Waals surface area contributed by atoms with Crippen LogP contribution in [0.3, 0.4) is 0 Å². The second kappa shape index (κ2) is 8.19. The Labute approximate surface area is 185 Å². The number of carbonyl (C=O) groups is 1. The van der Waals surface area contributed by atoms with Crippen LogP contribution in [0.25, 0.3) is 11.3 Å². The Kier molecular flexibility index (Phi) is 5.07. The van der Waals surface area contributed by atoms with E-state index in [0.29, 0.717) is 24.5 Å². The van der Waals surface area contributed by atoms with E-state index in [2.05, 4.69) is 15.3 Å². The Morgan fingerprint density at radius 1 is 0.906 bits per heavy atom. The number of amides is 1. The van der Waals surface area contributed by atoms with Crippen LogP contribution >= 0.6 is 0 Å². The van der Waals surface area contributed by atoms with Crippen LogP contribution in [0.15, 0.2) is 73.2 Å². The van der Waals surface area contributed by atoms with Crippen LogP contribution in [0.1, 0.15) is 33.0 Å². The first-order valence-corrected chi connectivity index (χ1v) is 10.4. The standard InChI is InChI=1S/C25H23N5O2/c1-17-6-11-23-28-21(14-29(23)13-17)16-32-22-9-7-19(8-10-22)25(31)26-12-20-15-30-18(2)4-3-5-24(30)27-20/h3-11,13-15H,12,16H2,1-2H3,(H,26,31). The van der Waals surface area contributed by atoms with Gasteiger partial charge < -0.3 is 18.9 Å². The summed E-state index contributed by atoms with van der Waals surface area (Å²) in [4.78, 5) is 21.6. The lowest BCUT2D eigenvalue weighted by atomic mass is 10.2. The molecule has 7 nitrogen and oxygen atoms in total. The van der Waals surface area contributed by atoms with Crippen LogP contribution in [0.4, 0.5) is 0 Å². The van der Waals surface area contributed by atoms with Crippen LogP contribution in [0.5, 0.6) is 5.75 Å². The van der Waals surface area contributed by atoms with Crippen molar-refractivity contribution >= 4 is 17.2 Å². The van der Waals surface area contributed by atoms with Crippen LogP contribution in [0.2, 0.25) is 0 Å². The summed E-state index contributed by atoms with van der Waals surface area (Å²) < 4.78 is 9.84. The fraction of sp³-hybridized carbons (Fsp3) is 0.160. The molecule has 0 atom stereocenters. The summed E-state index contributed by atoms with van der Waals surface area (Å²) in [6, 6.07) is 17.1. The molecule has 4 heterocycles. The highest BCUT2D eigenvalue weighted by Gasteiger charge is 2.09. The Hall–Kier alpha value is -4.13. The van der Waals surface area contributed by atoms with E-state index in [1.165, 1.54) is 5.56 Å². The van der Waals surface area contributed by atoms with Crippen molar-refractivity contribution in [2.75, 3.05) is 0 Å². The van der Waals surface area contributed by atoms with Gasteiger partial charge in [0, 0.05) is 29.8 Å². The average Bonchev–Trinajstić information content (AvgIpc) is 3.40. The number of aromatic nitrogens is 4. The minimum atomic E-state index is -0.152. The molecule has 1 amide bonds. The van der Waals surface area contributed by atoms with Crippen molar-refractivity contribution in [2.45, 2.75) is 27.0 Å². The molecule has 0 unspecified atom stereocenters. The van der Waals surface area contributed by atoms with Crippen molar-refractivity contribution in [3.05, 3.63) is 101 Å². The Morgan fingerprint density at radius 3 is 2.53 bits per heavy atom. The molecule has 0 bridgehead atoms. The molecule has 0 aliphatic carbocycles. The first-order chi connectivity index (χ1) is 15.5. The molecule has 5 rings (SSSR count). The number of benzene rings is 1. The number of carbonyl (C=O) groups excluding carboxylic acids is 1. The van der Waals surface area contributed by atoms with Gasteiger partial charge in [0.1, 0.15) is 23.7 Å². The first-order valence-electron chi connectivity index (χ1n) is 10.4. The predicted octanol–water partition coefficient (Wildman–Crippen LogP) is 4.11. The van der Waals surface area contributed by atoms with E-state index >= 15 is 0 Å². The number of hydrogen-bond acceptors (Lipinski definition) is 4. The second-order valence-corrected chi connectivity index (χ2v) is 7.83. The van der Waals surface area contributed by atoms with E-state index in [4.69, 9.17) is 4.74 Å². The molecule has 32 heavy (non-hydrogen) atoms. The highest BCUT2D eigenvalue weighted by atomic mass is 16.5. The van der Waals surface area contributed by atoms with Gasteiger partial charge in [-0.1, -0.05) is 12.1 Å². The highest BCUT2D eigenvalue weighted by molar-refractivity contribution is 5.94. The molecule has 0 fully saturated rings. The van der Waals surface area contributed by atoms with Gasteiger partial charge in [0.25, 0.3) is 5.91 Å².